The van der Waals surface area contributed by atoms with E-state index >= 15 is 0 Å². The van der Waals surface area contributed by atoms with Gasteiger partial charge in [-0.2, -0.15) is 0 Å². The van der Waals surface area contributed by atoms with Gasteiger partial charge < -0.3 is 15.7 Å². The smallest absolute Gasteiger partial charge is 0.335 e. The fourth-order valence-electron chi connectivity index (χ4n) is 3.36. The molecule has 0 fully saturated rings. The minimum absolute atomic E-state index is 0.0138. The average molecular weight is 391 g/mol. The maximum Gasteiger partial charge on any atom is 0.335 e. The van der Waals surface area contributed by atoms with Crippen LogP contribution in [0.1, 0.15) is 94.8 Å². The van der Waals surface area contributed by atoms with E-state index < -0.39 is 5.97 Å². The molecule has 0 heterocycles. The second kappa shape index (κ2) is 14.9. The Morgan fingerprint density at radius 1 is 0.893 bits per heavy atom. The van der Waals surface area contributed by atoms with E-state index in [4.69, 9.17) is 5.11 Å². The fourth-order valence-corrected chi connectivity index (χ4v) is 3.36. The molecule has 0 aliphatic carbocycles. The molecule has 3 N–H and O–H groups in total. The predicted octanol–water partition coefficient (Wildman–Crippen LogP) is 5.61. The van der Waals surface area contributed by atoms with Gasteiger partial charge >= 0.3 is 5.97 Å². The van der Waals surface area contributed by atoms with Crippen LogP contribution in [0.4, 0.5) is 5.69 Å². The van der Waals surface area contributed by atoms with Gasteiger partial charge in [0.1, 0.15) is 0 Å². The van der Waals surface area contributed by atoms with E-state index in [1.165, 1.54) is 57.8 Å². The molecule has 0 saturated carbocycles. The zero-order valence-electron chi connectivity index (χ0n) is 17.6. The summed E-state index contributed by atoms with van der Waals surface area (Å²) in [5, 5.41) is 15.3. The Morgan fingerprint density at radius 2 is 1.43 bits per heavy atom. The molecule has 158 valence electrons. The lowest BCUT2D eigenvalue weighted by Crippen LogP contribution is -2.38. The number of carboxylic acid groups (broad SMARTS) is 1. The summed E-state index contributed by atoms with van der Waals surface area (Å²) < 4.78 is 0. The molecule has 1 atom stereocenters. The average Bonchev–Trinajstić information content (AvgIpc) is 2.67. The van der Waals surface area contributed by atoms with E-state index in [-0.39, 0.29) is 17.5 Å². The van der Waals surface area contributed by atoms with Crippen molar-refractivity contribution in [1.29, 1.82) is 0 Å². The lowest BCUT2D eigenvalue weighted by Gasteiger charge is -2.19. The molecule has 28 heavy (non-hydrogen) atoms. The Hall–Kier alpha value is -2.04. The number of carboxylic acids is 1. The Balaban J connectivity index is 2.22. The standard InChI is InChI=1S/C23H38N2O3/c1-3-4-5-6-7-8-9-10-11-12-13-22(25-19(2)26)18-24-21-16-14-20(15-17-21)23(27)28/h14-17,22,24H,3-13,18H2,1-2H3,(H,25,26)(H,27,28). The first-order chi connectivity index (χ1) is 13.5. The number of aromatic carboxylic acids is 1. The van der Waals surface area contributed by atoms with Crippen LogP contribution in [0.3, 0.4) is 0 Å². The molecule has 1 amide bonds. The minimum Gasteiger partial charge on any atom is -0.478 e. The predicted molar refractivity (Wildman–Crippen MR) is 116 cm³/mol. The van der Waals surface area contributed by atoms with Crippen molar-refractivity contribution in [2.75, 3.05) is 11.9 Å². The van der Waals surface area contributed by atoms with Crippen LogP contribution >= 0.6 is 0 Å². The lowest BCUT2D eigenvalue weighted by molar-refractivity contribution is -0.119. The van der Waals surface area contributed by atoms with Crippen molar-refractivity contribution >= 4 is 17.6 Å². The molecule has 5 heteroatoms. The summed E-state index contributed by atoms with van der Waals surface area (Å²) in [6.07, 6.45) is 14.0. The number of rotatable bonds is 16. The monoisotopic (exact) mass is 390 g/mol. The minimum atomic E-state index is -0.927. The molecule has 1 rings (SSSR count). The van der Waals surface area contributed by atoms with Crippen LogP contribution < -0.4 is 10.6 Å². The zero-order valence-corrected chi connectivity index (χ0v) is 17.6. The number of unbranched alkanes of at least 4 members (excludes halogenated alkanes) is 9. The molecule has 5 nitrogen and oxygen atoms in total. The van der Waals surface area contributed by atoms with Crippen LogP contribution in [0.2, 0.25) is 0 Å². The number of hydrogen-bond acceptors (Lipinski definition) is 3. The van der Waals surface area contributed by atoms with Crippen LogP contribution in [-0.4, -0.2) is 29.6 Å². The molecule has 0 saturated heterocycles. The Bertz CT molecular complexity index is 557. The van der Waals surface area contributed by atoms with Gasteiger partial charge in [-0.15, -0.1) is 0 Å². The van der Waals surface area contributed by atoms with E-state index in [0.717, 1.165) is 18.5 Å². The number of carbonyl (C=O) groups is 2. The number of nitrogens with one attached hydrogen (secondary N) is 2. The van der Waals surface area contributed by atoms with Gasteiger partial charge in [-0.1, -0.05) is 71.1 Å². The number of benzene rings is 1. The van der Waals surface area contributed by atoms with E-state index in [9.17, 15) is 9.59 Å². The molecular formula is C23H38N2O3. The quantitative estimate of drug-likeness (QED) is 0.320. The third-order valence-corrected chi connectivity index (χ3v) is 5.00. The topological polar surface area (TPSA) is 78.4 Å². The number of amides is 1. The van der Waals surface area contributed by atoms with Gasteiger partial charge in [-0.05, 0) is 30.7 Å². The maximum absolute atomic E-state index is 11.5. The van der Waals surface area contributed by atoms with Crippen LogP contribution in [0.15, 0.2) is 24.3 Å². The third-order valence-electron chi connectivity index (χ3n) is 5.00. The van der Waals surface area contributed by atoms with Crippen molar-refractivity contribution in [2.24, 2.45) is 0 Å². The van der Waals surface area contributed by atoms with Crippen LogP contribution in [0.25, 0.3) is 0 Å². The SMILES string of the molecule is CCCCCCCCCCCCC(CNc1ccc(C(=O)O)cc1)NC(C)=O. The largest absolute Gasteiger partial charge is 0.478 e. The Labute approximate surface area is 170 Å². The lowest BCUT2D eigenvalue weighted by atomic mass is 10.0. The fraction of sp³-hybridized carbons (Fsp3) is 0.652. The highest BCUT2D eigenvalue weighted by Crippen LogP contribution is 2.13. The summed E-state index contributed by atoms with van der Waals surface area (Å²) in [7, 11) is 0. The van der Waals surface area contributed by atoms with E-state index in [1.54, 1.807) is 31.2 Å². The van der Waals surface area contributed by atoms with Gasteiger partial charge in [0.25, 0.3) is 0 Å². The summed E-state index contributed by atoms with van der Waals surface area (Å²) in [6, 6.07) is 6.77. The molecular weight excluding hydrogens is 352 g/mol. The molecule has 1 aromatic carbocycles. The van der Waals surface area contributed by atoms with Crippen LogP contribution in [0, 0.1) is 0 Å². The molecule has 0 aliphatic rings. The van der Waals surface area contributed by atoms with Crippen molar-refractivity contribution in [1.82, 2.24) is 5.32 Å². The zero-order chi connectivity index (χ0) is 20.6. The maximum atomic E-state index is 11.5. The highest BCUT2D eigenvalue weighted by atomic mass is 16.4. The Kier molecular flexibility index (Phi) is 12.8. The second-order valence-electron chi connectivity index (χ2n) is 7.63. The van der Waals surface area contributed by atoms with Crippen LogP contribution in [0.5, 0.6) is 0 Å². The second-order valence-corrected chi connectivity index (χ2v) is 7.63. The van der Waals surface area contributed by atoms with Gasteiger partial charge in [0.2, 0.25) is 5.91 Å². The molecule has 0 aromatic heterocycles. The highest BCUT2D eigenvalue weighted by Gasteiger charge is 2.10. The number of hydrogen-bond donors (Lipinski definition) is 3. The van der Waals surface area contributed by atoms with Crippen molar-refractivity contribution in [3.63, 3.8) is 0 Å². The van der Waals surface area contributed by atoms with E-state index in [0.29, 0.717) is 6.54 Å². The van der Waals surface area contributed by atoms with Crippen molar-refractivity contribution < 1.29 is 14.7 Å². The van der Waals surface area contributed by atoms with Gasteiger partial charge in [0, 0.05) is 25.2 Å². The van der Waals surface area contributed by atoms with Crippen molar-refractivity contribution in [3.8, 4) is 0 Å². The van der Waals surface area contributed by atoms with Crippen molar-refractivity contribution in [2.45, 2.75) is 90.5 Å². The Morgan fingerprint density at radius 3 is 1.93 bits per heavy atom. The molecule has 0 bridgehead atoms. The molecule has 0 radical (unpaired) electrons. The summed E-state index contributed by atoms with van der Waals surface area (Å²) in [5.41, 5.74) is 1.14. The number of carbonyl (C=O) groups excluding carboxylic acids is 1. The number of anilines is 1. The molecule has 1 aromatic rings. The highest BCUT2D eigenvalue weighted by molar-refractivity contribution is 5.88. The molecule has 0 spiro atoms. The summed E-state index contributed by atoms with van der Waals surface area (Å²) in [5.74, 6) is -0.941. The first kappa shape index (κ1) is 24.0. The van der Waals surface area contributed by atoms with E-state index in [2.05, 4.69) is 17.6 Å². The summed E-state index contributed by atoms with van der Waals surface area (Å²) in [6.45, 7) is 4.44. The summed E-state index contributed by atoms with van der Waals surface area (Å²) >= 11 is 0. The van der Waals surface area contributed by atoms with E-state index in [1.807, 2.05) is 0 Å². The third kappa shape index (κ3) is 11.6. The van der Waals surface area contributed by atoms with Crippen LogP contribution in [-0.2, 0) is 4.79 Å². The first-order valence-electron chi connectivity index (χ1n) is 10.9. The normalized spacial score (nSPS) is 11.8. The molecule has 0 aliphatic heterocycles. The van der Waals surface area contributed by atoms with Gasteiger partial charge in [0.05, 0.1) is 5.56 Å². The van der Waals surface area contributed by atoms with Gasteiger partial charge in [-0.25, -0.2) is 4.79 Å². The van der Waals surface area contributed by atoms with Gasteiger partial charge in [0.15, 0.2) is 0 Å². The molecule has 1 unspecified atom stereocenters. The van der Waals surface area contributed by atoms with Gasteiger partial charge in [-0.3, -0.25) is 4.79 Å². The first-order valence-corrected chi connectivity index (χ1v) is 10.9. The van der Waals surface area contributed by atoms with Crippen molar-refractivity contribution in [3.05, 3.63) is 29.8 Å². The summed E-state index contributed by atoms with van der Waals surface area (Å²) in [4.78, 5) is 22.4.